The predicted molar refractivity (Wildman–Crippen MR) is 50.4 cm³/mol. The zero-order valence-electron chi connectivity index (χ0n) is 7.87. The molecule has 1 aromatic heterocycles. The van der Waals surface area contributed by atoms with Crippen LogP contribution in [0.2, 0.25) is 0 Å². The van der Waals surface area contributed by atoms with E-state index in [-0.39, 0.29) is 11.0 Å². The van der Waals surface area contributed by atoms with Crippen LogP contribution in [0.25, 0.3) is 0 Å². The van der Waals surface area contributed by atoms with Crippen LogP contribution in [-0.4, -0.2) is 18.1 Å². The molecule has 4 heteroatoms. The Hall–Kier alpha value is -1.58. The molecule has 1 aromatic rings. The Morgan fingerprint density at radius 3 is 2.79 bits per heavy atom. The normalized spacial score (nSPS) is 15.2. The summed E-state index contributed by atoms with van der Waals surface area (Å²) in [6.07, 6.45) is 3.67. The summed E-state index contributed by atoms with van der Waals surface area (Å²) in [5.74, 6) is -0.108. The number of ether oxygens (including phenoxy) is 1. The maximum atomic E-state index is 11.5. The van der Waals surface area contributed by atoms with Gasteiger partial charge >= 0.3 is 5.97 Å². The molecule has 0 unspecified atom stereocenters. The third-order valence-electron chi connectivity index (χ3n) is 2.36. The van der Waals surface area contributed by atoms with Crippen LogP contribution in [0, 0.1) is 0 Å². The first-order chi connectivity index (χ1) is 6.72. The Kier molecular flexibility index (Phi) is 2.11. The minimum absolute atomic E-state index is 0.0666. The highest BCUT2D eigenvalue weighted by Crippen LogP contribution is 2.38. The number of hydrogen-bond donors (Lipinski definition) is 1. The van der Waals surface area contributed by atoms with E-state index in [2.05, 4.69) is 9.72 Å². The van der Waals surface area contributed by atoms with Gasteiger partial charge in [0.05, 0.1) is 7.11 Å². The van der Waals surface area contributed by atoms with Crippen LogP contribution < -0.4 is 5.43 Å². The third-order valence-corrected chi connectivity index (χ3v) is 2.36. The lowest BCUT2D eigenvalue weighted by molar-refractivity contribution is 0.0599. The summed E-state index contributed by atoms with van der Waals surface area (Å²) >= 11 is 0. The van der Waals surface area contributed by atoms with E-state index in [0.717, 1.165) is 18.5 Å². The molecular weight excluding hydrogens is 182 g/mol. The zero-order valence-corrected chi connectivity index (χ0v) is 7.87. The lowest BCUT2D eigenvalue weighted by Gasteiger charge is -2.00. The van der Waals surface area contributed by atoms with Crippen molar-refractivity contribution in [2.45, 2.75) is 18.8 Å². The van der Waals surface area contributed by atoms with E-state index < -0.39 is 5.97 Å². The molecule has 0 radical (unpaired) electrons. The number of esters is 1. The molecule has 0 spiro atoms. The molecule has 4 nitrogen and oxygen atoms in total. The summed E-state index contributed by atoms with van der Waals surface area (Å²) < 4.78 is 4.47. The number of hydrogen-bond acceptors (Lipinski definition) is 3. The minimum atomic E-state index is -0.589. The van der Waals surface area contributed by atoms with E-state index in [4.69, 9.17) is 0 Å². The SMILES string of the molecule is COC(=O)c1c[nH]c(C2CC2)cc1=O. The average molecular weight is 193 g/mol. The Morgan fingerprint density at radius 1 is 1.57 bits per heavy atom. The molecule has 1 aliphatic carbocycles. The lowest BCUT2D eigenvalue weighted by Crippen LogP contribution is -2.16. The smallest absolute Gasteiger partial charge is 0.343 e. The van der Waals surface area contributed by atoms with Gasteiger partial charge in [-0.05, 0) is 18.8 Å². The molecule has 0 aliphatic heterocycles. The molecule has 2 rings (SSSR count). The Bertz CT molecular complexity index is 418. The molecular formula is C10H11NO3. The second kappa shape index (κ2) is 3.29. The van der Waals surface area contributed by atoms with Crippen LogP contribution in [-0.2, 0) is 4.74 Å². The average Bonchev–Trinajstić information content (AvgIpc) is 3.00. The molecule has 1 fully saturated rings. The molecule has 0 aromatic carbocycles. The van der Waals surface area contributed by atoms with Gasteiger partial charge in [-0.15, -0.1) is 0 Å². The molecule has 1 heterocycles. The van der Waals surface area contributed by atoms with E-state index in [0.29, 0.717) is 5.92 Å². The highest BCUT2D eigenvalue weighted by molar-refractivity contribution is 5.88. The number of methoxy groups -OCH3 is 1. The van der Waals surface area contributed by atoms with Crippen molar-refractivity contribution in [1.29, 1.82) is 0 Å². The third kappa shape index (κ3) is 1.55. The van der Waals surface area contributed by atoms with Crippen molar-refractivity contribution >= 4 is 5.97 Å². The van der Waals surface area contributed by atoms with Gasteiger partial charge < -0.3 is 9.72 Å². The van der Waals surface area contributed by atoms with Gasteiger partial charge in [0.15, 0.2) is 5.43 Å². The molecule has 1 N–H and O–H groups in total. The van der Waals surface area contributed by atoms with Gasteiger partial charge in [0, 0.05) is 18.0 Å². The quantitative estimate of drug-likeness (QED) is 0.714. The maximum Gasteiger partial charge on any atom is 0.343 e. The first-order valence-electron chi connectivity index (χ1n) is 4.53. The van der Waals surface area contributed by atoms with Crippen LogP contribution in [0.1, 0.15) is 34.8 Å². The van der Waals surface area contributed by atoms with Crippen molar-refractivity contribution in [3.05, 3.63) is 33.7 Å². The van der Waals surface area contributed by atoms with Crippen molar-refractivity contribution < 1.29 is 9.53 Å². The van der Waals surface area contributed by atoms with E-state index >= 15 is 0 Å². The van der Waals surface area contributed by atoms with Crippen LogP contribution in [0.5, 0.6) is 0 Å². The van der Waals surface area contributed by atoms with E-state index in [1.807, 2.05) is 0 Å². The van der Waals surface area contributed by atoms with Crippen LogP contribution in [0.15, 0.2) is 17.1 Å². The first kappa shape index (κ1) is 8.99. The zero-order chi connectivity index (χ0) is 10.1. The number of aromatic nitrogens is 1. The number of nitrogens with one attached hydrogen (secondary N) is 1. The molecule has 74 valence electrons. The monoisotopic (exact) mass is 193 g/mol. The van der Waals surface area contributed by atoms with Crippen molar-refractivity contribution in [1.82, 2.24) is 4.98 Å². The topological polar surface area (TPSA) is 59.2 Å². The summed E-state index contributed by atoms with van der Waals surface area (Å²) in [5, 5.41) is 0. The van der Waals surface area contributed by atoms with Crippen LogP contribution in [0.4, 0.5) is 0 Å². The van der Waals surface area contributed by atoms with E-state index in [1.165, 1.54) is 19.4 Å². The van der Waals surface area contributed by atoms with Crippen molar-refractivity contribution in [2.24, 2.45) is 0 Å². The molecule has 0 saturated heterocycles. The maximum absolute atomic E-state index is 11.5. The predicted octanol–water partition coefficient (Wildman–Crippen LogP) is 1.04. The second-order valence-corrected chi connectivity index (χ2v) is 3.43. The highest BCUT2D eigenvalue weighted by Gasteiger charge is 2.25. The van der Waals surface area contributed by atoms with Gasteiger partial charge in [-0.25, -0.2) is 4.79 Å². The fourth-order valence-corrected chi connectivity index (χ4v) is 1.39. The standard InChI is InChI=1S/C10H11NO3/c1-14-10(13)7-5-11-8(4-9(7)12)6-2-3-6/h4-6H,2-3H2,1H3,(H,11,12). The number of aromatic amines is 1. The first-order valence-corrected chi connectivity index (χ1v) is 4.53. The fourth-order valence-electron chi connectivity index (χ4n) is 1.39. The largest absolute Gasteiger partial charge is 0.465 e. The van der Waals surface area contributed by atoms with Gasteiger partial charge in [0.1, 0.15) is 5.56 Å². The summed E-state index contributed by atoms with van der Waals surface area (Å²) in [7, 11) is 1.26. The van der Waals surface area contributed by atoms with Gasteiger partial charge in [0.25, 0.3) is 0 Å². The Labute approximate surface area is 80.9 Å². The minimum Gasteiger partial charge on any atom is -0.465 e. The van der Waals surface area contributed by atoms with Crippen molar-refractivity contribution in [2.75, 3.05) is 7.11 Å². The van der Waals surface area contributed by atoms with E-state index in [9.17, 15) is 9.59 Å². The molecule has 0 bridgehead atoms. The van der Waals surface area contributed by atoms with Crippen molar-refractivity contribution in [3.63, 3.8) is 0 Å². The summed E-state index contributed by atoms with van der Waals surface area (Å²) in [4.78, 5) is 25.5. The van der Waals surface area contributed by atoms with Gasteiger partial charge in [0.2, 0.25) is 0 Å². The summed E-state index contributed by atoms with van der Waals surface area (Å²) in [5.41, 5.74) is 0.719. The Morgan fingerprint density at radius 2 is 2.29 bits per heavy atom. The number of rotatable bonds is 2. The number of carbonyl (C=O) groups is 1. The van der Waals surface area contributed by atoms with Gasteiger partial charge in [-0.1, -0.05) is 0 Å². The number of carbonyl (C=O) groups excluding carboxylic acids is 1. The lowest BCUT2D eigenvalue weighted by atomic mass is 10.2. The highest BCUT2D eigenvalue weighted by atomic mass is 16.5. The number of H-pyrrole nitrogens is 1. The van der Waals surface area contributed by atoms with Gasteiger partial charge in [-0.2, -0.15) is 0 Å². The van der Waals surface area contributed by atoms with Gasteiger partial charge in [-0.3, -0.25) is 4.79 Å². The molecule has 0 amide bonds. The fraction of sp³-hybridized carbons (Fsp3) is 0.400. The molecule has 0 atom stereocenters. The van der Waals surface area contributed by atoms with Crippen LogP contribution in [0.3, 0.4) is 0 Å². The van der Waals surface area contributed by atoms with Crippen molar-refractivity contribution in [3.8, 4) is 0 Å². The Balaban J connectivity index is 2.35. The molecule has 14 heavy (non-hydrogen) atoms. The van der Waals surface area contributed by atoms with E-state index in [1.54, 1.807) is 0 Å². The van der Waals surface area contributed by atoms with Crippen LogP contribution >= 0.6 is 0 Å². The summed E-state index contributed by atoms with van der Waals surface area (Å²) in [6, 6.07) is 1.49. The molecule has 1 aliphatic rings. The number of pyridine rings is 1. The summed E-state index contributed by atoms with van der Waals surface area (Å²) in [6.45, 7) is 0. The second-order valence-electron chi connectivity index (χ2n) is 3.43. The molecule has 1 saturated carbocycles.